The molecule has 7 heteroatoms. The number of rotatable bonds is 3. The van der Waals surface area contributed by atoms with E-state index in [2.05, 4.69) is 10.3 Å². The number of carbonyl (C=O) groups is 1. The summed E-state index contributed by atoms with van der Waals surface area (Å²) in [6.07, 6.45) is 3.29. The average Bonchev–Trinajstić information content (AvgIpc) is 2.83. The lowest BCUT2D eigenvalue weighted by Gasteiger charge is -2.36. The highest BCUT2D eigenvalue weighted by molar-refractivity contribution is 7.15. The van der Waals surface area contributed by atoms with Crippen LogP contribution in [-0.2, 0) is 17.7 Å². The Bertz CT molecular complexity index is 590. The zero-order valence-electron chi connectivity index (χ0n) is 14.0. The average molecular weight is 339 g/mol. The number of nitrogens with zero attached hydrogens (tertiary/aromatic N) is 2. The second-order valence-corrected chi connectivity index (χ2v) is 8.56. The van der Waals surface area contributed by atoms with Gasteiger partial charge >= 0.3 is 6.09 Å². The van der Waals surface area contributed by atoms with Gasteiger partial charge in [0.1, 0.15) is 5.60 Å². The molecule has 3 rings (SSSR count). The van der Waals surface area contributed by atoms with Crippen molar-refractivity contribution in [2.45, 2.75) is 64.2 Å². The molecule has 0 bridgehead atoms. The number of hydrogen-bond donors (Lipinski definition) is 2. The molecule has 23 heavy (non-hydrogen) atoms. The predicted octanol–water partition coefficient (Wildman–Crippen LogP) is 2.76. The maximum Gasteiger partial charge on any atom is 0.410 e. The van der Waals surface area contributed by atoms with Crippen LogP contribution in [0.4, 0.5) is 9.93 Å². The van der Waals surface area contributed by atoms with Gasteiger partial charge in [-0.15, -0.1) is 0 Å². The van der Waals surface area contributed by atoms with Gasteiger partial charge in [-0.3, -0.25) is 0 Å². The van der Waals surface area contributed by atoms with Crippen LogP contribution in [0, 0.1) is 0 Å². The molecule has 1 fully saturated rings. The normalized spacial score (nSPS) is 19.7. The van der Waals surface area contributed by atoms with Crippen LogP contribution in [0.25, 0.3) is 0 Å². The minimum Gasteiger partial charge on any atom is -0.444 e. The molecule has 1 aromatic heterocycles. The minimum absolute atomic E-state index is 0.269. The third kappa shape index (κ3) is 3.95. The van der Waals surface area contributed by atoms with Crippen molar-refractivity contribution in [1.29, 1.82) is 0 Å². The van der Waals surface area contributed by atoms with Crippen LogP contribution in [0.15, 0.2) is 0 Å². The number of fused-ring (bicyclic) bond motifs is 1. The van der Waals surface area contributed by atoms with Gasteiger partial charge in [0, 0.05) is 24.4 Å². The number of ether oxygens (including phenoxy) is 1. The Morgan fingerprint density at radius 3 is 2.83 bits per heavy atom. The molecular weight excluding hydrogens is 314 g/mol. The maximum atomic E-state index is 12.2. The van der Waals surface area contributed by atoms with Gasteiger partial charge in [0.05, 0.1) is 17.8 Å². The highest BCUT2D eigenvalue weighted by Crippen LogP contribution is 2.33. The van der Waals surface area contributed by atoms with Gasteiger partial charge in [-0.05, 0) is 40.0 Å². The van der Waals surface area contributed by atoms with E-state index >= 15 is 0 Å². The number of carbonyl (C=O) groups excluding carboxylic acids is 1. The molecule has 1 aromatic rings. The fourth-order valence-electron chi connectivity index (χ4n) is 2.76. The first-order chi connectivity index (χ1) is 10.7. The molecule has 128 valence electrons. The zero-order valence-corrected chi connectivity index (χ0v) is 14.8. The molecule has 1 saturated carbocycles. The number of anilines is 1. The van der Waals surface area contributed by atoms with E-state index in [1.807, 2.05) is 20.8 Å². The summed E-state index contributed by atoms with van der Waals surface area (Å²) >= 11 is 1.57. The van der Waals surface area contributed by atoms with E-state index in [1.165, 1.54) is 0 Å². The molecule has 1 aliphatic carbocycles. The topological polar surface area (TPSA) is 74.7 Å². The van der Waals surface area contributed by atoms with Crippen molar-refractivity contribution in [2.75, 3.05) is 18.4 Å². The van der Waals surface area contributed by atoms with E-state index in [0.29, 0.717) is 19.6 Å². The molecule has 1 aliphatic heterocycles. The van der Waals surface area contributed by atoms with E-state index in [-0.39, 0.29) is 6.09 Å². The summed E-state index contributed by atoms with van der Waals surface area (Å²) in [6, 6.07) is 0. The van der Waals surface area contributed by atoms with Gasteiger partial charge in [0.25, 0.3) is 0 Å². The first-order valence-corrected chi connectivity index (χ1v) is 8.99. The van der Waals surface area contributed by atoms with Crippen molar-refractivity contribution >= 4 is 22.6 Å². The standard InChI is InChI=1S/C16H25N3O3S/c1-15(2,3)22-14(20)19-8-5-11-12(9-19)23-13(18-11)17-10-16(21)6-4-7-16/h21H,4-10H2,1-3H3,(H,17,18). The number of hydrogen-bond acceptors (Lipinski definition) is 6. The lowest BCUT2D eigenvalue weighted by molar-refractivity contribution is -0.0202. The van der Waals surface area contributed by atoms with E-state index in [9.17, 15) is 9.90 Å². The fourth-order valence-corrected chi connectivity index (χ4v) is 3.77. The van der Waals surface area contributed by atoms with E-state index in [1.54, 1.807) is 16.2 Å². The van der Waals surface area contributed by atoms with Gasteiger partial charge in [0.15, 0.2) is 5.13 Å². The molecule has 2 heterocycles. The summed E-state index contributed by atoms with van der Waals surface area (Å²) in [5, 5.41) is 14.2. The number of amides is 1. The molecule has 0 saturated heterocycles. The number of nitrogens with one attached hydrogen (secondary N) is 1. The molecule has 6 nitrogen and oxygen atoms in total. The van der Waals surface area contributed by atoms with Crippen LogP contribution in [0.5, 0.6) is 0 Å². The van der Waals surface area contributed by atoms with Gasteiger partial charge < -0.3 is 20.1 Å². The molecule has 2 N–H and O–H groups in total. The molecule has 0 aromatic carbocycles. The molecule has 0 spiro atoms. The van der Waals surface area contributed by atoms with Crippen LogP contribution in [-0.4, -0.2) is 45.4 Å². The Morgan fingerprint density at radius 2 is 2.22 bits per heavy atom. The number of aromatic nitrogens is 1. The molecule has 0 atom stereocenters. The lowest BCUT2D eigenvalue weighted by atomic mass is 9.80. The molecule has 1 amide bonds. The summed E-state index contributed by atoms with van der Waals surface area (Å²) < 4.78 is 5.44. The summed E-state index contributed by atoms with van der Waals surface area (Å²) in [4.78, 5) is 19.6. The Balaban J connectivity index is 1.59. The predicted molar refractivity (Wildman–Crippen MR) is 89.8 cm³/mol. The highest BCUT2D eigenvalue weighted by Gasteiger charge is 2.34. The van der Waals surface area contributed by atoms with Crippen LogP contribution < -0.4 is 5.32 Å². The second kappa shape index (κ2) is 5.94. The molecular formula is C16H25N3O3S. The second-order valence-electron chi connectivity index (χ2n) is 7.47. The van der Waals surface area contributed by atoms with E-state index in [0.717, 1.165) is 41.4 Å². The van der Waals surface area contributed by atoms with E-state index < -0.39 is 11.2 Å². The van der Waals surface area contributed by atoms with Crippen molar-refractivity contribution in [3.8, 4) is 0 Å². The Labute approximate surface area is 140 Å². The van der Waals surface area contributed by atoms with Crippen molar-refractivity contribution < 1.29 is 14.6 Å². The monoisotopic (exact) mass is 339 g/mol. The van der Waals surface area contributed by atoms with Crippen molar-refractivity contribution in [3.63, 3.8) is 0 Å². The first kappa shape index (κ1) is 16.5. The summed E-state index contributed by atoms with van der Waals surface area (Å²) in [5.41, 5.74) is 0.0166. The van der Waals surface area contributed by atoms with Crippen molar-refractivity contribution in [2.24, 2.45) is 0 Å². The largest absolute Gasteiger partial charge is 0.444 e. The van der Waals surface area contributed by atoms with Crippen molar-refractivity contribution in [3.05, 3.63) is 10.6 Å². The number of aliphatic hydroxyl groups is 1. The summed E-state index contributed by atoms with van der Waals surface area (Å²) in [7, 11) is 0. The molecule has 2 aliphatic rings. The number of thiazole rings is 1. The minimum atomic E-state index is -0.561. The third-order valence-corrected chi connectivity index (χ3v) is 5.28. The zero-order chi connectivity index (χ0) is 16.7. The van der Waals surface area contributed by atoms with Crippen LogP contribution in [0.1, 0.15) is 50.6 Å². The van der Waals surface area contributed by atoms with Gasteiger partial charge in [-0.1, -0.05) is 11.3 Å². The molecule has 0 unspecified atom stereocenters. The van der Waals surface area contributed by atoms with E-state index in [4.69, 9.17) is 4.74 Å². The van der Waals surface area contributed by atoms with Gasteiger partial charge in [-0.25, -0.2) is 9.78 Å². The van der Waals surface area contributed by atoms with Crippen molar-refractivity contribution in [1.82, 2.24) is 9.88 Å². The maximum absolute atomic E-state index is 12.2. The Hall–Kier alpha value is -1.34. The first-order valence-electron chi connectivity index (χ1n) is 8.17. The fraction of sp³-hybridized carbons (Fsp3) is 0.750. The smallest absolute Gasteiger partial charge is 0.410 e. The Kier molecular flexibility index (Phi) is 4.27. The highest BCUT2D eigenvalue weighted by atomic mass is 32.1. The van der Waals surface area contributed by atoms with Gasteiger partial charge in [-0.2, -0.15) is 0 Å². The Morgan fingerprint density at radius 1 is 1.48 bits per heavy atom. The summed E-state index contributed by atoms with van der Waals surface area (Å²) in [6.45, 7) is 7.36. The van der Waals surface area contributed by atoms with Crippen LogP contribution >= 0.6 is 11.3 Å². The molecule has 0 radical (unpaired) electrons. The van der Waals surface area contributed by atoms with Crippen LogP contribution in [0.2, 0.25) is 0 Å². The quantitative estimate of drug-likeness (QED) is 0.886. The lowest BCUT2D eigenvalue weighted by Crippen LogP contribution is -2.43. The summed E-state index contributed by atoms with van der Waals surface area (Å²) in [5.74, 6) is 0. The van der Waals surface area contributed by atoms with Gasteiger partial charge in [0.2, 0.25) is 0 Å². The SMILES string of the molecule is CC(C)(C)OC(=O)N1CCc2nc(NCC3(O)CCC3)sc2C1. The third-order valence-electron chi connectivity index (χ3n) is 4.24. The van der Waals surface area contributed by atoms with Crippen LogP contribution in [0.3, 0.4) is 0 Å².